The minimum Gasteiger partial charge on any atom is -0.399 e. The van der Waals surface area contributed by atoms with Gasteiger partial charge in [-0.3, -0.25) is 4.79 Å². The lowest BCUT2D eigenvalue weighted by molar-refractivity contribution is -0.125. The van der Waals surface area contributed by atoms with Gasteiger partial charge in [-0.15, -0.1) is 0 Å². The Morgan fingerprint density at radius 3 is 2.61 bits per heavy atom. The van der Waals surface area contributed by atoms with Crippen LogP contribution < -0.4 is 16.0 Å². The minimum atomic E-state index is 0.168. The summed E-state index contributed by atoms with van der Waals surface area (Å²) in [6.45, 7) is 3.89. The summed E-state index contributed by atoms with van der Waals surface area (Å²) in [7, 11) is 1.71. The molecule has 3 N–H and O–H groups in total. The molecule has 18 heavy (non-hydrogen) atoms. The van der Waals surface area contributed by atoms with E-state index in [0.29, 0.717) is 0 Å². The van der Waals surface area contributed by atoms with Crippen molar-refractivity contribution in [3.05, 3.63) is 23.8 Å². The van der Waals surface area contributed by atoms with Gasteiger partial charge in [0.05, 0.1) is 0 Å². The van der Waals surface area contributed by atoms with Gasteiger partial charge in [0.1, 0.15) is 0 Å². The molecule has 1 aliphatic heterocycles. The molecule has 1 amide bonds. The number of benzene rings is 1. The molecule has 0 spiro atoms. The maximum absolute atomic E-state index is 11.6. The maximum atomic E-state index is 11.6. The summed E-state index contributed by atoms with van der Waals surface area (Å²) in [6, 6.07) is 6.13. The highest BCUT2D eigenvalue weighted by Gasteiger charge is 2.24. The quantitative estimate of drug-likeness (QED) is 0.779. The molecule has 0 aromatic heterocycles. The summed E-state index contributed by atoms with van der Waals surface area (Å²) in [5.74, 6) is 0.337. The zero-order valence-corrected chi connectivity index (χ0v) is 11.1. The molecule has 1 fully saturated rings. The topological polar surface area (TPSA) is 58.4 Å². The fraction of sp³-hybridized carbons (Fsp3) is 0.500. The number of nitrogens with two attached hydrogens (primary N) is 1. The Hall–Kier alpha value is -1.71. The highest BCUT2D eigenvalue weighted by molar-refractivity contribution is 5.78. The monoisotopic (exact) mass is 247 g/mol. The van der Waals surface area contributed by atoms with E-state index in [1.165, 1.54) is 5.69 Å². The first kappa shape index (κ1) is 12.7. The molecular formula is C14H21N3O. The van der Waals surface area contributed by atoms with Gasteiger partial charge in [-0.05, 0) is 43.5 Å². The lowest BCUT2D eigenvalue weighted by atomic mass is 9.95. The zero-order chi connectivity index (χ0) is 13.1. The number of amides is 1. The van der Waals surface area contributed by atoms with Gasteiger partial charge < -0.3 is 16.0 Å². The first-order valence-corrected chi connectivity index (χ1v) is 6.44. The molecule has 0 saturated carbocycles. The van der Waals surface area contributed by atoms with Crippen LogP contribution in [0.3, 0.4) is 0 Å². The van der Waals surface area contributed by atoms with Crippen molar-refractivity contribution in [2.75, 3.05) is 30.8 Å². The van der Waals surface area contributed by atoms with Gasteiger partial charge in [-0.1, -0.05) is 0 Å². The Kier molecular flexibility index (Phi) is 3.75. The fourth-order valence-corrected chi connectivity index (χ4v) is 2.46. The second kappa shape index (κ2) is 5.29. The van der Waals surface area contributed by atoms with Gasteiger partial charge in [-0.25, -0.2) is 0 Å². The van der Waals surface area contributed by atoms with Crippen LogP contribution in [0.25, 0.3) is 0 Å². The number of nitrogen functional groups attached to an aromatic ring is 1. The summed E-state index contributed by atoms with van der Waals surface area (Å²) < 4.78 is 0. The van der Waals surface area contributed by atoms with Crippen molar-refractivity contribution in [1.82, 2.24) is 5.32 Å². The van der Waals surface area contributed by atoms with Crippen LogP contribution in [-0.2, 0) is 4.79 Å². The van der Waals surface area contributed by atoms with E-state index in [-0.39, 0.29) is 11.8 Å². The first-order chi connectivity index (χ1) is 8.61. The molecule has 1 aromatic rings. The van der Waals surface area contributed by atoms with Crippen LogP contribution in [0.4, 0.5) is 11.4 Å². The van der Waals surface area contributed by atoms with Crippen molar-refractivity contribution in [2.24, 2.45) is 5.92 Å². The summed E-state index contributed by atoms with van der Waals surface area (Å²) in [6.07, 6.45) is 1.84. The molecule has 0 aliphatic carbocycles. The van der Waals surface area contributed by atoms with Gasteiger partial charge in [0.25, 0.3) is 0 Å². The third-order valence-corrected chi connectivity index (χ3v) is 3.73. The first-order valence-electron chi connectivity index (χ1n) is 6.44. The van der Waals surface area contributed by atoms with Crippen LogP contribution in [-0.4, -0.2) is 26.0 Å². The number of piperidine rings is 1. The second-order valence-corrected chi connectivity index (χ2v) is 4.92. The van der Waals surface area contributed by atoms with Crippen molar-refractivity contribution in [1.29, 1.82) is 0 Å². The smallest absolute Gasteiger partial charge is 0.222 e. The number of carbonyl (C=O) groups excluding carboxylic acids is 1. The van der Waals surface area contributed by atoms with E-state index in [0.717, 1.165) is 37.2 Å². The average Bonchev–Trinajstić information content (AvgIpc) is 2.41. The van der Waals surface area contributed by atoms with Gasteiger partial charge in [0.15, 0.2) is 0 Å². The van der Waals surface area contributed by atoms with E-state index in [4.69, 9.17) is 5.73 Å². The van der Waals surface area contributed by atoms with E-state index < -0.39 is 0 Å². The molecule has 0 radical (unpaired) electrons. The molecule has 0 unspecified atom stereocenters. The van der Waals surface area contributed by atoms with Gasteiger partial charge >= 0.3 is 0 Å². The SMILES string of the molecule is CNC(=O)C1CCN(c2ccc(N)c(C)c2)CC1. The predicted octanol–water partition coefficient (Wildman–Crippen LogP) is 1.54. The Morgan fingerprint density at radius 1 is 1.39 bits per heavy atom. The van der Waals surface area contributed by atoms with Crippen molar-refractivity contribution in [3.63, 3.8) is 0 Å². The Bertz CT molecular complexity index is 437. The summed E-state index contributed by atoms with van der Waals surface area (Å²) in [5.41, 5.74) is 8.98. The molecule has 98 valence electrons. The minimum absolute atomic E-state index is 0.168. The number of carbonyl (C=O) groups is 1. The van der Waals surface area contributed by atoms with Gasteiger partial charge in [-0.2, -0.15) is 0 Å². The number of nitrogens with one attached hydrogen (secondary N) is 1. The fourth-order valence-electron chi connectivity index (χ4n) is 2.46. The standard InChI is InChI=1S/C14H21N3O/c1-10-9-12(3-4-13(10)15)17-7-5-11(6-8-17)14(18)16-2/h3-4,9,11H,5-8,15H2,1-2H3,(H,16,18). The Morgan fingerprint density at radius 2 is 2.06 bits per heavy atom. The molecule has 1 aliphatic rings. The third kappa shape index (κ3) is 2.58. The van der Waals surface area contributed by atoms with Crippen molar-refractivity contribution >= 4 is 17.3 Å². The normalized spacial score (nSPS) is 16.7. The van der Waals surface area contributed by atoms with Crippen LogP contribution >= 0.6 is 0 Å². The van der Waals surface area contributed by atoms with E-state index in [9.17, 15) is 4.79 Å². The summed E-state index contributed by atoms with van der Waals surface area (Å²) >= 11 is 0. The van der Waals surface area contributed by atoms with E-state index in [1.807, 2.05) is 13.0 Å². The maximum Gasteiger partial charge on any atom is 0.222 e. The molecule has 0 bridgehead atoms. The number of rotatable bonds is 2. The van der Waals surface area contributed by atoms with Gasteiger partial charge in [0, 0.05) is 37.4 Å². The highest BCUT2D eigenvalue weighted by atomic mass is 16.1. The highest BCUT2D eigenvalue weighted by Crippen LogP contribution is 2.25. The lowest BCUT2D eigenvalue weighted by Crippen LogP contribution is -2.39. The Balaban J connectivity index is 2.01. The summed E-state index contributed by atoms with van der Waals surface area (Å²) in [5, 5.41) is 2.73. The predicted molar refractivity (Wildman–Crippen MR) is 74.6 cm³/mol. The molecular weight excluding hydrogens is 226 g/mol. The van der Waals surface area contributed by atoms with Crippen LogP contribution in [0.15, 0.2) is 18.2 Å². The van der Waals surface area contributed by atoms with Gasteiger partial charge in [0.2, 0.25) is 5.91 Å². The van der Waals surface area contributed by atoms with E-state index in [1.54, 1.807) is 7.05 Å². The molecule has 1 saturated heterocycles. The zero-order valence-electron chi connectivity index (χ0n) is 11.1. The van der Waals surface area contributed by atoms with Crippen LogP contribution in [0.5, 0.6) is 0 Å². The molecule has 1 aromatic carbocycles. The molecule has 0 atom stereocenters. The molecule has 2 rings (SSSR count). The molecule has 4 nitrogen and oxygen atoms in total. The molecule has 4 heteroatoms. The number of nitrogens with zero attached hydrogens (tertiary/aromatic N) is 1. The lowest BCUT2D eigenvalue weighted by Gasteiger charge is -2.33. The van der Waals surface area contributed by atoms with Crippen molar-refractivity contribution in [3.8, 4) is 0 Å². The average molecular weight is 247 g/mol. The second-order valence-electron chi connectivity index (χ2n) is 4.92. The van der Waals surface area contributed by atoms with E-state index >= 15 is 0 Å². The van der Waals surface area contributed by atoms with Crippen LogP contribution in [0, 0.1) is 12.8 Å². The molecule has 1 heterocycles. The third-order valence-electron chi connectivity index (χ3n) is 3.73. The summed E-state index contributed by atoms with van der Waals surface area (Å²) in [4.78, 5) is 13.9. The number of hydrogen-bond acceptors (Lipinski definition) is 3. The number of hydrogen-bond donors (Lipinski definition) is 2. The van der Waals surface area contributed by atoms with Crippen molar-refractivity contribution < 1.29 is 4.79 Å². The van der Waals surface area contributed by atoms with E-state index in [2.05, 4.69) is 22.3 Å². The largest absolute Gasteiger partial charge is 0.399 e. The van der Waals surface area contributed by atoms with Crippen LogP contribution in [0.2, 0.25) is 0 Å². The number of aryl methyl sites for hydroxylation is 1. The number of anilines is 2. The Labute approximate surface area is 108 Å². The van der Waals surface area contributed by atoms with Crippen molar-refractivity contribution in [2.45, 2.75) is 19.8 Å². The van der Waals surface area contributed by atoms with Crippen LogP contribution in [0.1, 0.15) is 18.4 Å².